The molecule has 0 unspecified atom stereocenters. The van der Waals surface area contributed by atoms with Gasteiger partial charge in [0.15, 0.2) is 5.65 Å². The van der Waals surface area contributed by atoms with E-state index in [0.29, 0.717) is 58.2 Å². The second-order valence-corrected chi connectivity index (χ2v) is 9.56. The average molecular weight is 506 g/mol. The summed E-state index contributed by atoms with van der Waals surface area (Å²) in [4.78, 5) is 25.5. The van der Waals surface area contributed by atoms with Gasteiger partial charge in [0.2, 0.25) is 17.8 Å². The molecule has 1 aliphatic carbocycles. The zero-order valence-electron chi connectivity index (χ0n) is 18.2. The summed E-state index contributed by atoms with van der Waals surface area (Å²) in [5.41, 5.74) is 7.44. The Hall–Kier alpha value is -2.66. The Kier molecular flexibility index (Phi) is 6.48. The minimum atomic E-state index is -0.627. The number of aliphatic hydroxyl groups excluding tert-OH is 1. The lowest BCUT2D eigenvalue weighted by atomic mass is 9.85. The number of aromatic nitrogens is 4. The fourth-order valence-electron chi connectivity index (χ4n) is 4.57. The molecule has 1 aromatic carbocycles. The van der Waals surface area contributed by atoms with E-state index in [9.17, 15) is 9.90 Å². The second-order valence-electron chi connectivity index (χ2n) is 8.72. The maximum absolute atomic E-state index is 11.7. The molecule has 2 atom stereocenters. The number of imidazole rings is 1. The van der Waals surface area contributed by atoms with Gasteiger partial charge in [-0.25, -0.2) is 9.97 Å². The van der Waals surface area contributed by atoms with Crippen LogP contribution in [-0.2, 0) is 9.53 Å². The van der Waals surface area contributed by atoms with Crippen molar-refractivity contribution < 1.29 is 14.6 Å². The molecule has 1 amide bonds. The number of anilines is 3. The first-order valence-electron chi connectivity index (χ1n) is 11.2. The number of primary amides is 1. The zero-order chi connectivity index (χ0) is 23.8. The number of halogens is 2. The van der Waals surface area contributed by atoms with Gasteiger partial charge in [-0.1, -0.05) is 23.2 Å². The first-order valence-corrected chi connectivity index (χ1v) is 11.9. The van der Waals surface area contributed by atoms with Crippen molar-refractivity contribution in [3.05, 3.63) is 34.4 Å². The SMILES string of the molecule is NC(=O)[C@H]1CC[C@@H](n2c(Nc3ccc(Cl)cc3Cl)nc3cnc(N[C@H]4COC[C@@H]4O)nc32)CC1. The lowest BCUT2D eigenvalue weighted by Gasteiger charge is -2.29. The highest BCUT2D eigenvalue weighted by Crippen LogP contribution is 2.38. The first-order chi connectivity index (χ1) is 16.4. The molecule has 3 heterocycles. The van der Waals surface area contributed by atoms with E-state index < -0.39 is 6.10 Å². The molecule has 3 aromatic rings. The predicted molar refractivity (Wildman–Crippen MR) is 129 cm³/mol. The summed E-state index contributed by atoms with van der Waals surface area (Å²) in [7, 11) is 0. The molecule has 0 bridgehead atoms. The van der Waals surface area contributed by atoms with Crippen LogP contribution >= 0.6 is 23.2 Å². The van der Waals surface area contributed by atoms with Crippen molar-refractivity contribution in [3.8, 4) is 0 Å². The fraction of sp³-hybridized carbons (Fsp3) is 0.455. The third-order valence-corrected chi connectivity index (χ3v) is 6.99. The summed E-state index contributed by atoms with van der Waals surface area (Å²) in [6.07, 6.45) is 3.92. The summed E-state index contributed by atoms with van der Waals surface area (Å²) in [6.45, 7) is 0.650. The number of hydrogen-bond donors (Lipinski definition) is 4. The van der Waals surface area contributed by atoms with E-state index in [-0.39, 0.29) is 30.5 Å². The summed E-state index contributed by atoms with van der Waals surface area (Å²) in [6, 6.07) is 4.96. The maximum Gasteiger partial charge on any atom is 0.225 e. The van der Waals surface area contributed by atoms with Crippen molar-refractivity contribution in [3.63, 3.8) is 0 Å². The van der Waals surface area contributed by atoms with Crippen LogP contribution in [0.2, 0.25) is 10.0 Å². The van der Waals surface area contributed by atoms with Crippen LogP contribution in [-0.4, -0.2) is 55.9 Å². The molecule has 0 spiro atoms. The highest BCUT2D eigenvalue weighted by atomic mass is 35.5. The normalized spacial score (nSPS) is 24.9. The first kappa shape index (κ1) is 23.1. The highest BCUT2D eigenvalue weighted by molar-refractivity contribution is 6.36. The number of carbonyl (C=O) groups is 1. The molecular formula is C22H25Cl2N7O3. The van der Waals surface area contributed by atoms with Gasteiger partial charge < -0.3 is 26.2 Å². The Balaban J connectivity index is 1.51. The van der Waals surface area contributed by atoms with Crippen LogP contribution in [0.5, 0.6) is 0 Å². The van der Waals surface area contributed by atoms with Crippen molar-refractivity contribution >= 4 is 57.9 Å². The van der Waals surface area contributed by atoms with E-state index in [2.05, 4.69) is 15.6 Å². The molecule has 1 saturated heterocycles. The minimum absolute atomic E-state index is 0.0531. The van der Waals surface area contributed by atoms with E-state index in [1.807, 2.05) is 4.57 Å². The monoisotopic (exact) mass is 505 g/mol. The molecule has 180 valence electrons. The van der Waals surface area contributed by atoms with Crippen LogP contribution in [0.3, 0.4) is 0 Å². The van der Waals surface area contributed by atoms with Gasteiger partial charge in [0.25, 0.3) is 0 Å². The summed E-state index contributed by atoms with van der Waals surface area (Å²) in [5, 5.41) is 17.5. The predicted octanol–water partition coefficient (Wildman–Crippen LogP) is 3.26. The van der Waals surface area contributed by atoms with Crippen molar-refractivity contribution in [2.75, 3.05) is 23.8 Å². The van der Waals surface area contributed by atoms with Crippen molar-refractivity contribution in [2.24, 2.45) is 11.7 Å². The Morgan fingerprint density at radius 3 is 2.65 bits per heavy atom. The number of rotatable bonds is 6. The summed E-state index contributed by atoms with van der Waals surface area (Å²) < 4.78 is 7.35. The van der Waals surface area contributed by atoms with Crippen LogP contribution in [0.1, 0.15) is 31.7 Å². The molecule has 2 aliphatic rings. The minimum Gasteiger partial charge on any atom is -0.388 e. The second kappa shape index (κ2) is 9.53. The standard InChI is InChI=1S/C22H25Cl2N7O3/c23-12-3-6-15(14(24)7-12)28-22-29-16-8-26-21(27-17-9-34-10-18(17)32)30-20(16)31(22)13-4-1-11(2-5-13)19(25)33/h3,6-8,11,13,17-18,32H,1-2,4-5,9-10H2,(H2,25,33)(H,28,29)(H,26,27,30)/t11-,13+,17-,18-/m0/s1. The quantitative estimate of drug-likeness (QED) is 0.400. The van der Waals surface area contributed by atoms with Crippen molar-refractivity contribution in [1.29, 1.82) is 0 Å². The molecule has 1 saturated carbocycles. The Labute approximate surface area is 205 Å². The van der Waals surface area contributed by atoms with Gasteiger partial charge in [-0.15, -0.1) is 0 Å². The van der Waals surface area contributed by atoms with E-state index in [4.69, 9.17) is 43.6 Å². The topological polar surface area (TPSA) is 140 Å². The average Bonchev–Trinajstić information content (AvgIpc) is 3.38. The summed E-state index contributed by atoms with van der Waals surface area (Å²) in [5.74, 6) is 0.567. The molecule has 5 N–H and O–H groups in total. The van der Waals surface area contributed by atoms with E-state index in [0.717, 1.165) is 12.8 Å². The van der Waals surface area contributed by atoms with Gasteiger partial charge in [0, 0.05) is 17.0 Å². The third kappa shape index (κ3) is 4.63. The van der Waals surface area contributed by atoms with Crippen LogP contribution in [0.25, 0.3) is 11.2 Å². The third-order valence-electron chi connectivity index (χ3n) is 6.44. The molecule has 2 fully saturated rings. The molecule has 12 heteroatoms. The van der Waals surface area contributed by atoms with E-state index in [1.54, 1.807) is 24.4 Å². The molecule has 0 radical (unpaired) electrons. The number of benzene rings is 1. The molecule has 2 aromatic heterocycles. The van der Waals surface area contributed by atoms with E-state index in [1.165, 1.54) is 0 Å². The van der Waals surface area contributed by atoms with Crippen LogP contribution in [0, 0.1) is 5.92 Å². The number of amides is 1. The number of fused-ring (bicyclic) bond motifs is 1. The molecule has 1 aliphatic heterocycles. The smallest absolute Gasteiger partial charge is 0.225 e. The number of ether oxygens (including phenoxy) is 1. The van der Waals surface area contributed by atoms with Crippen molar-refractivity contribution in [2.45, 2.75) is 43.9 Å². The Bertz CT molecular complexity index is 1210. The van der Waals surface area contributed by atoms with Crippen LogP contribution < -0.4 is 16.4 Å². The van der Waals surface area contributed by atoms with E-state index >= 15 is 0 Å². The number of carbonyl (C=O) groups excluding carboxylic acids is 1. The number of nitrogens with zero attached hydrogens (tertiary/aromatic N) is 4. The van der Waals surface area contributed by atoms with Crippen LogP contribution in [0.15, 0.2) is 24.4 Å². The van der Waals surface area contributed by atoms with Gasteiger partial charge in [-0.05, 0) is 43.9 Å². The van der Waals surface area contributed by atoms with Gasteiger partial charge >= 0.3 is 0 Å². The number of nitrogens with one attached hydrogen (secondary N) is 2. The van der Waals surface area contributed by atoms with Crippen molar-refractivity contribution in [1.82, 2.24) is 19.5 Å². The highest BCUT2D eigenvalue weighted by Gasteiger charge is 2.30. The number of hydrogen-bond acceptors (Lipinski definition) is 8. The van der Waals surface area contributed by atoms with Gasteiger partial charge in [0.05, 0.1) is 42.3 Å². The molecule has 10 nitrogen and oxygen atoms in total. The van der Waals surface area contributed by atoms with Gasteiger partial charge in [-0.2, -0.15) is 4.98 Å². The van der Waals surface area contributed by atoms with Gasteiger partial charge in [0.1, 0.15) is 5.52 Å². The number of nitrogens with two attached hydrogens (primary N) is 1. The summed E-state index contributed by atoms with van der Waals surface area (Å²) >= 11 is 12.4. The fourth-order valence-corrected chi connectivity index (χ4v) is 5.03. The lowest BCUT2D eigenvalue weighted by Crippen LogP contribution is -2.32. The molecule has 34 heavy (non-hydrogen) atoms. The van der Waals surface area contributed by atoms with Gasteiger partial charge in [-0.3, -0.25) is 9.36 Å². The lowest BCUT2D eigenvalue weighted by molar-refractivity contribution is -0.122. The van der Waals surface area contributed by atoms with Crippen LogP contribution in [0.4, 0.5) is 17.6 Å². The molecule has 5 rings (SSSR count). The zero-order valence-corrected chi connectivity index (χ0v) is 19.8. The Morgan fingerprint density at radius 1 is 1.18 bits per heavy atom. The Morgan fingerprint density at radius 2 is 1.97 bits per heavy atom. The molecular weight excluding hydrogens is 481 g/mol. The number of aliphatic hydroxyl groups is 1. The largest absolute Gasteiger partial charge is 0.388 e. The maximum atomic E-state index is 11.7.